The van der Waals surface area contributed by atoms with E-state index in [-0.39, 0.29) is 16.5 Å². The highest BCUT2D eigenvalue weighted by molar-refractivity contribution is 8.00. The molecule has 2 aromatic carbocycles. The first-order valence-corrected chi connectivity index (χ1v) is 9.40. The van der Waals surface area contributed by atoms with Crippen LogP contribution in [0.1, 0.15) is 10.4 Å². The zero-order valence-electron chi connectivity index (χ0n) is 13.3. The van der Waals surface area contributed by atoms with Gasteiger partial charge in [0.2, 0.25) is 3.79 Å². The van der Waals surface area contributed by atoms with Crippen molar-refractivity contribution in [2.45, 2.75) is 14.4 Å². The number of hydrogen-bond acceptors (Lipinski definition) is 6. The van der Waals surface area contributed by atoms with E-state index in [1.807, 2.05) is 0 Å². The van der Waals surface area contributed by atoms with Crippen molar-refractivity contribution in [2.75, 3.05) is 0 Å². The summed E-state index contributed by atoms with van der Waals surface area (Å²) < 4.78 is 3.63. The summed E-state index contributed by atoms with van der Waals surface area (Å²) >= 11 is 18.8. The largest absolute Gasteiger partial charge is 0.431 e. The van der Waals surface area contributed by atoms with E-state index < -0.39 is 20.0 Å². The average Bonchev–Trinajstić information content (AvgIpc) is 3.02. The molecule has 1 atom stereocenters. The number of nitro benzene ring substituents is 1. The topological polar surface area (TPSA) is 98.3 Å². The van der Waals surface area contributed by atoms with E-state index in [0.29, 0.717) is 11.1 Å². The molecule has 1 heterocycles. The van der Waals surface area contributed by atoms with Crippen LogP contribution in [-0.2, 0) is 0 Å². The van der Waals surface area contributed by atoms with Crippen LogP contribution in [-0.4, -0.2) is 25.0 Å². The summed E-state index contributed by atoms with van der Waals surface area (Å²) in [6.45, 7) is 0. The van der Waals surface area contributed by atoms with Crippen molar-refractivity contribution < 1.29 is 14.1 Å². The predicted octanol–water partition coefficient (Wildman–Crippen LogP) is 4.95. The lowest BCUT2D eigenvalue weighted by Crippen LogP contribution is -2.41. The van der Waals surface area contributed by atoms with Crippen molar-refractivity contribution >= 4 is 69.3 Å². The van der Waals surface area contributed by atoms with Gasteiger partial charge in [-0.3, -0.25) is 14.9 Å². The van der Waals surface area contributed by atoms with Gasteiger partial charge in [0.25, 0.3) is 16.8 Å². The van der Waals surface area contributed by atoms with E-state index in [2.05, 4.69) is 10.3 Å². The van der Waals surface area contributed by atoms with E-state index in [0.717, 1.165) is 11.8 Å². The number of nitrogens with zero attached hydrogens (tertiary/aromatic N) is 2. The third-order valence-corrected chi connectivity index (χ3v) is 5.52. The second-order valence-electron chi connectivity index (χ2n) is 5.23. The highest BCUT2D eigenvalue weighted by atomic mass is 35.6. The monoisotopic (exact) mass is 445 g/mol. The highest BCUT2D eigenvalue weighted by Crippen LogP contribution is 2.40. The third-order valence-electron chi connectivity index (χ3n) is 3.40. The summed E-state index contributed by atoms with van der Waals surface area (Å²) in [5.41, 5.74) is 0.631. The number of amides is 1. The number of nitrogens with one attached hydrogen (secondary N) is 1. The normalized spacial score (nSPS) is 12.7. The minimum Gasteiger partial charge on any atom is -0.431 e. The third kappa shape index (κ3) is 4.65. The standard InChI is InChI=1S/C16H10Cl3N3O4S/c17-16(18,19)14(27-15-20-10-6-2-4-8-12(10)26-15)21-13(23)9-5-1-3-7-11(9)22(24)25/h1-8,14H,(H,21,23). The molecule has 1 aromatic heterocycles. The highest BCUT2D eigenvalue weighted by Gasteiger charge is 2.37. The molecule has 27 heavy (non-hydrogen) atoms. The summed E-state index contributed by atoms with van der Waals surface area (Å²) in [4.78, 5) is 27.2. The number of nitro groups is 1. The number of rotatable bonds is 5. The lowest BCUT2D eigenvalue weighted by molar-refractivity contribution is -0.385. The van der Waals surface area contributed by atoms with Crippen LogP contribution in [0.15, 0.2) is 58.2 Å². The molecule has 0 aliphatic heterocycles. The fraction of sp³-hybridized carbons (Fsp3) is 0.125. The summed E-state index contributed by atoms with van der Waals surface area (Å²) in [6, 6.07) is 12.5. The van der Waals surface area contributed by atoms with Crippen molar-refractivity contribution in [3.63, 3.8) is 0 Å². The van der Waals surface area contributed by atoms with Crippen molar-refractivity contribution in [2.24, 2.45) is 0 Å². The zero-order chi connectivity index (χ0) is 19.6. The Balaban J connectivity index is 1.85. The van der Waals surface area contributed by atoms with Crippen LogP contribution in [0.4, 0.5) is 5.69 Å². The number of benzene rings is 2. The molecule has 0 saturated heterocycles. The molecule has 140 valence electrons. The Morgan fingerprint density at radius 2 is 1.85 bits per heavy atom. The molecule has 0 bridgehead atoms. The first-order valence-electron chi connectivity index (χ1n) is 7.39. The molecule has 7 nitrogen and oxygen atoms in total. The van der Waals surface area contributed by atoms with Crippen LogP contribution in [0, 0.1) is 10.1 Å². The number of aromatic nitrogens is 1. The summed E-state index contributed by atoms with van der Waals surface area (Å²) in [5, 5.41) is 12.7. The van der Waals surface area contributed by atoms with Gasteiger partial charge in [-0.15, -0.1) is 0 Å². The number of thioether (sulfide) groups is 1. The molecule has 0 spiro atoms. The molecule has 0 radical (unpaired) electrons. The smallest absolute Gasteiger partial charge is 0.282 e. The molecular formula is C16H10Cl3N3O4S. The molecule has 3 aromatic rings. The molecule has 0 saturated carbocycles. The Morgan fingerprint density at radius 1 is 1.19 bits per heavy atom. The number of alkyl halides is 3. The first kappa shape index (κ1) is 19.8. The predicted molar refractivity (Wildman–Crippen MR) is 105 cm³/mol. The van der Waals surface area contributed by atoms with Crippen molar-refractivity contribution in [3.8, 4) is 0 Å². The van der Waals surface area contributed by atoms with Gasteiger partial charge in [0.15, 0.2) is 5.58 Å². The maximum atomic E-state index is 12.5. The van der Waals surface area contributed by atoms with Gasteiger partial charge in [-0.1, -0.05) is 59.1 Å². The second-order valence-corrected chi connectivity index (χ2v) is 8.66. The van der Waals surface area contributed by atoms with E-state index >= 15 is 0 Å². The van der Waals surface area contributed by atoms with Crippen LogP contribution in [0.2, 0.25) is 0 Å². The lowest BCUT2D eigenvalue weighted by atomic mass is 10.1. The molecule has 1 N–H and O–H groups in total. The molecule has 1 unspecified atom stereocenters. The summed E-state index contributed by atoms with van der Waals surface area (Å²) in [5.74, 6) is -0.762. The van der Waals surface area contributed by atoms with E-state index in [1.54, 1.807) is 24.3 Å². The molecule has 0 aliphatic rings. The maximum absolute atomic E-state index is 12.5. The average molecular weight is 447 g/mol. The van der Waals surface area contributed by atoms with Crippen LogP contribution in [0.3, 0.4) is 0 Å². The van der Waals surface area contributed by atoms with Gasteiger partial charge in [0, 0.05) is 6.07 Å². The summed E-state index contributed by atoms with van der Waals surface area (Å²) in [7, 11) is 0. The fourth-order valence-corrected chi connectivity index (χ4v) is 3.56. The zero-order valence-corrected chi connectivity index (χ0v) is 16.3. The summed E-state index contributed by atoms with van der Waals surface area (Å²) in [6.07, 6.45) is 0. The number of halogens is 3. The van der Waals surface area contributed by atoms with Crippen molar-refractivity contribution in [1.82, 2.24) is 10.3 Å². The molecule has 11 heteroatoms. The molecule has 1 amide bonds. The number of fused-ring (bicyclic) bond motifs is 1. The number of oxazole rings is 1. The minimum absolute atomic E-state index is 0.153. The minimum atomic E-state index is -1.93. The Morgan fingerprint density at radius 3 is 2.52 bits per heavy atom. The number of carbonyl (C=O) groups is 1. The van der Waals surface area contributed by atoms with Crippen LogP contribution in [0.25, 0.3) is 11.1 Å². The Bertz CT molecular complexity index is 973. The van der Waals surface area contributed by atoms with E-state index in [4.69, 9.17) is 39.2 Å². The van der Waals surface area contributed by atoms with Gasteiger partial charge in [-0.05, 0) is 30.0 Å². The molecule has 0 aliphatic carbocycles. The molecule has 3 rings (SSSR count). The fourth-order valence-electron chi connectivity index (χ4n) is 2.20. The SMILES string of the molecule is O=C(NC(Sc1nc2ccccc2o1)C(Cl)(Cl)Cl)c1ccccc1[N+](=O)[O-]. The van der Waals surface area contributed by atoms with E-state index in [9.17, 15) is 14.9 Å². The van der Waals surface area contributed by atoms with Gasteiger partial charge < -0.3 is 9.73 Å². The number of carbonyl (C=O) groups excluding carboxylic acids is 1. The first-order chi connectivity index (χ1) is 12.8. The Labute approximate surface area is 172 Å². The van der Waals surface area contributed by atoms with Crippen molar-refractivity contribution in [3.05, 3.63) is 64.2 Å². The Hall–Kier alpha value is -2.00. The van der Waals surface area contributed by atoms with Gasteiger partial charge >= 0.3 is 0 Å². The van der Waals surface area contributed by atoms with Gasteiger partial charge in [-0.2, -0.15) is 0 Å². The molecular weight excluding hydrogens is 437 g/mol. The number of hydrogen-bond donors (Lipinski definition) is 1. The second kappa shape index (κ2) is 7.93. The van der Waals surface area contributed by atoms with Crippen molar-refractivity contribution in [1.29, 1.82) is 0 Å². The van der Waals surface area contributed by atoms with E-state index in [1.165, 1.54) is 24.3 Å². The van der Waals surface area contributed by atoms with Crippen LogP contribution < -0.4 is 5.32 Å². The lowest BCUT2D eigenvalue weighted by Gasteiger charge is -2.23. The van der Waals surface area contributed by atoms with Crippen LogP contribution in [0.5, 0.6) is 0 Å². The van der Waals surface area contributed by atoms with Crippen LogP contribution >= 0.6 is 46.6 Å². The van der Waals surface area contributed by atoms with Gasteiger partial charge in [0.1, 0.15) is 16.5 Å². The maximum Gasteiger partial charge on any atom is 0.282 e. The van der Waals surface area contributed by atoms with Gasteiger partial charge in [0.05, 0.1) is 4.92 Å². The molecule has 0 fully saturated rings. The Kier molecular flexibility index (Phi) is 5.81. The number of para-hydroxylation sites is 3. The quantitative estimate of drug-likeness (QED) is 0.196. The van der Waals surface area contributed by atoms with Gasteiger partial charge in [-0.25, -0.2) is 4.98 Å².